The van der Waals surface area contributed by atoms with E-state index in [1.807, 2.05) is 37.9 Å². The van der Waals surface area contributed by atoms with Gasteiger partial charge in [-0.05, 0) is 32.0 Å². The third-order valence-corrected chi connectivity index (χ3v) is 5.20. The standard InChI is InChI=1S/C20H23FN6O/c1-13-12-26(18-7-5-4-6-17(18)21)8-9-27(13)20(28)23-15-10-16-14(2)24-25(3)19(16)22-11-15/h4-7,10-11,13H,8-9,12H2,1-3H3,(H,23,28). The van der Waals surface area contributed by atoms with Crippen LogP contribution in [0.3, 0.4) is 0 Å². The Balaban J connectivity index is 1.46. The summed E-state index contributed by atoms with van der Waals surface area (Å²) < 4.78 is 15.8. The van der Waals surface area contributed by atoms with E-state index in [-0.39, 0.29) is 17.9 Å². The van der Waals surface area contributed by atoms with E-state index in [1.165, 1.54) is 6.07 Å². The predicted octanol–water partition coefficient (Wildman–Crippen LogP) is 3.16. The van der Waals surface area contributed by atoms with Gasteiger partial charge in [0.25, 0.3) is 0 Å². The maximum Gasteiger partial charge on any atom is 0.322 e. The van der Waals surface area contributed by atoms with Gasteiger partial charge >= 0.3 is 6.03 Å². The molecule has 28 heavy (non-hydrogen) atoms. The van der Waals surface area contributed by atoms with E-state index in [4.69, 9.17) is 0 Å². The van der Waals surface area contributed by atoms with Gasteiger partial charge < -0.3 is 15.1 Å². The summed E-state index contributed by atoms with van der Waals surface area (Å²) in [4.78, 5) is 20.9. The molecule has 146 valence electrons. The summed E-state index contributed by atoms with van der Waals surface area (Å²) in [5, 5.41) is 8.20. The first kappa shape index (κ1) is 18.2. The van der Waals surface area contributed by atoms with Crippen molar-refractivity contribution in [2.75, 3.05) is 29.9 Å². The third kappa shape index (κ3) is 3.26. The number of para-hydroxylation sites is 1. The molecule has 2 aromatic heterocycles. The highest BCUT2D eigenvalue weighted by molar-refractivity contribution is 5.92. The van der Waals surface area contributed by atoms with Crippen LogP contribution in [0.5, 0.6) is 0 Å². The van der Waals surface area contributed by atoms with Crippen LogP contribution in [0.15, 0.2) is 36.5 Å². The molecule has 1 fully saturated rings. The number of hydrogen-bond donors (Lipinski definition) is 1. The van der Waals surface area contributed by atoms with Crippen LogP contribution in [0.1, 0.15) is 12.6 Å². The number of nitrogens with one attached hydrogen (secondary N) is 1. The van der Waals surface area contributed by atoms with E-state index in [0.29, 0.717) is 31.0 Å². The van der Waals surface area contributed by atoms with Crippen molar-refractivity contribution in [2.24, 2.45) is 7.05 Å². The first-order chi connectivity index (χ1) is 13.4. The van der Waals surface area contributed by atoms with Crippen LogP contribution < -0.4 is 10.2 Å². The Hall–Kier alpha value is -3.16. The molecule has 0 aliphatic carbocycles. The highest BCUT2D eigenvalue weighted by atomic mass is 19.1. The van der Waals surface area contributed by atoms with Crippen molar-refractivity contribution in [1.29, 1.82) is 0 Å². The maximum absolute atomic E-state index is 14.1. The summed E-state index contributed by atoms with van der Waals surface area (Å²) in [7, 11) is 1.84. The molecule has 1 saturated heterocycles. The lowest BCUT2D eigenvalue weighted by Crippen LogP contribution is -2.55. The summed E-state index contributed by atoms with van der Waals surface area (Å²) in [6, 6.07) is 8.40. The van der Waals surface area contributed by atoms with E-state index in [2.05, 4.69) is 15.4 Å². The molecule has 0 spiro atoms. The second kappa shape index (κ2) is 7.10. The fourth-order valence-corrected chi connectivity index (χ4v) is 3.76. The van der Waals surface area contributed by atoms with Crippen molar-refractivity contribution in [1.82, 2.24) is 19.7 Å². The van der Waals surface area contributed by atoms with Gasteiger partial charge in [0.15, 0.2) is 5.65 Å². The number of hydrogen-bond acceptors (Lipinski definition) is 4. The summed E-state index contributed by atoms with van der Waals surface area (Å²) in [6.45, 7) is 5.56. The SMILES string of the molecule is Cc1nn(C)c2ncc(NC(=O)N3CCN(c4ccccc4F)CC3C)cc12. The number of anilines is 2. The third-order valence-electron chi connectivity index (χ3n) is 5.20. The van der Waals surface area contributed by atoms with Gasteiger partial charge in [0, 0.05) is 38.1 Å². The molecule has 1 unspecified atom stereocenters. The van der Waals surface area contributed by atoms with Crippen LogP contribution in [0, 0.1) is 12.7 Å². The molecule has 1 aliphatic heterocycles. The van der Waals surface area contributed by atoms with Gasteiger partial charge in [-0.15, -0.1) is 0 Å². The fourth-order valence-electron chi connectivity index (χ4n) is 3.76. The number of aromatic nitrogens is 3. The molecule has 7 nitrogen and oxygen atoms in total. The van der Waals surface area contributed by atoms with Crippen molar-refractivity contribution in [3.05, 3.63) is 48.0 Å². The van der Waals surface area contributed by atoms with Gasteiger partial charge in [-0.3, -0.25) is 4.68 Å². The minimum atomic E-state index is -0.237. The minimum absolute atomic E-state index is 0.0508. The molecule has 1 N–H and O–H groups in total. The Morgan fingerprint density at radius 1 is 1.29 bits per heavy atom. The first-order valence-electron chi connectivity index (χ1n) is 9.30. The molecule has 1 atom stereocenters. The monoisotopic (exact) mass is 382 g/mol. The summed E-state index contributed by atoms with van der Waals surface area (Å²) in [6.07, 6.45) is 1.64. The Bertz CT molecular complexity index is 1030. The highest BCUT2D eigenvalue weighted by Gasteiger charge is 2.28. The number of fused-ring (bicyclic) bond motifs is 1. The summed E-state index contributed by atoms with van der Waals surface area (Å²) >= 11 is 0. The number of pyridine rings is 1. The van der Waals surface area contributed by atoms with Gasteiger partial charge in [-0.25, -0.2) is 14.2 Å². The largest absolute Gasteiger partial charge is 0.365 e. The molecule has 8 heteroatoms. The number of rotatable bonds is 2. The Morgan fingerprint density at radius 3 is 2.82 bits per heavy atom. The van der Waals surface area contributed by atoms with Gasteiger partial charge in [-0.2, -0.15) is 5.10 Å². The van der Waals surface area contributed by atoms with E-state index >= 15 is 0 Å². The van der Waals surface area contributed by atoms with Crippen LogP contribution >= 0.6 is 0 Å². The van der Waals surface area contributed by atoms with Crippen molar-refractivity contribution < 1.29 is 9.18 Å². The van der Waals surface area contributed by atoms with Gasteiger partial charge in [0.2, 0.25) is 0 Å². The predicted molar refractivity (Wildman–Crippen MR) is 107 cm³/mol. The highest BCUT2D eigenvalue weighted by Crippen LogP contribution is 2.23. The number of nitrogens with zero attached hydrogens (tertiary/aromatic N) is 5. The van der Waals surface area contributed by atoms with E-state index in [0.717, 1.165) is 16.7 Å². The van der Waals surface area contributed by atoms with E-state index in [9.17, 15) is 9.18 Å². The number of carbonyl (C=O) groups excluding carboxylic acids is 1. The molecule has 0 radical (unpaired) electrons. The number of urea groups is 1. The smallest absolute Gasteiger partial charge is 0.322 e. The van der Waals surface area contributed by atoms with Crippen molar-refractivity contribution in [3.8, 4) is 0 Å². The topological polar surface area (TPSA) is 66.3 Å². The molecule has 1 aromatic carbocycles. The molecule has 3 heterocycles. The normalized spacial score (nSPS) is 17.2. The molecule has 0 saturated carbocycles. The number of carbonyl (C=O) groups is 1. The zero-order chi connectivity index (χ0) is 19.8. The lowest BCUT2D eigenvalue weighted by molar-refractivity contribution is 0.184. The zero-order valence-corrected chi connectivity index (χ0v) is 16.2. The molecular formula is C20H23FN6O. The number of benzene rings is 1. The number of halogens is 1. The van der Waals surface area contributed by atoms with E-state index in [1.54, 1.807) is 27.9 Å². The Kier molecular flexibility index (Phi) is 4.62. The molecule has 4 rings (SSSR count). The Labute approximate surface area is 162 Å². The van der Waals surface area contributed by atoms with Gasteiger partial charge in [-0.1, -0.05) is 12.1 Å². The number of piperazine rings is 1. The zero-order valence-electron chi connectivity index (χ0n) is 16.2. The van der Waals surface area contributed by atoms with Crippen molar-refractivity contribution in [2.45, 2.75) is 19.9 Å². The second-order valence-corrected chi connectivity index (χ2v) is 7.17. The number of aryl methyl sites for hydroxylation is 2. The molecule has 0 bridgehead atoms. The van der Waals surface area contributed by atoms with Crippen LogP contribution in [-0.2, 0) is 7.05 Å². The van der Waals surface area contributed by atoms with Gasteiger partial charge in [0.05, 0.1) is 23.3 Å². The minimum Gasteiger partial charge on any atom is -0.365 e. The van der Waals surface area contributed by atoms with Crippen LogP contribution in [-0.4, -0.2) is 51.4 Å². The second-order valence-electron chi connectivity index (χ2n) is 7.17. The molecule has 2 amide bonds. The van der Waals surface area contributed by atoms with Crippen LogP contribution in [0.25, 0.3) is 11.0 Å². The van der Waals surface area contributed by atoms with Crippen LogP contribution in [0.2, 0.25) is 0 Å². The summed E-state index contributed by atoms with van der Waals surface area (Å²) in [5.41, 5.74) is 2.86. The van der Waals surface area contributed by atoms with Crippen molar-refractivity contribution >= 4 is 28.4 Å². The average Bonchev–Trinajstić information content (AvgIpc) is 2.95. The van der Waals surface area contributed by atoms with Crippen LogP contribution in [0.4, 0.5) is 20.6 Å². The summed E-state index contributed by atoms with van der Waals surface area (Å²) in [5.74, 6) is -0.237. The van der Waals surface area contributed by atoms with E-state index < -0.39 is 0 Å². The molecular weight excluding hydrogens is 359 g/mol. The lowest BCUT2D eigenvalue weighted by Gasteiger charge is -2.40. The lowest BCUT2D eigenvalue weighted by atomic mass is 10.1. The first-order valence-corrected chi connectivity index (χ1v) is 9.30. The quantitative estimate of drug-likeness (QED) is 0.739. The van der Waals surface area contributed by atoms with Crippen molar-refractivity contribution in [3.63, 3.8) is 0 Å². The molecule has 1 aliphatic rings. The Morgan fingerprint density at radius 2 is 2.07 bits per heavy atom. The average molecular weight is 382 g/mol. The molecule has 3 aromatic rings. The number of amides is 2. The maximum atomic E-state index is 14.1. The van der Waals surface area contributed by atoms with Gasteiger partial charge in [0.1, 0.15) is 5.82 Å². The fraction of sp³-hybridized carbons (Fsp3) is 0.350.